The minimum absolute atomic E-state index is 0.237. The number of carbonyl (C=O) groups is 1. The van der Waals surface area contributed by atoms with Crippen LogP contribution in [0.1, 0.15) is 6.92 Å². The molecule has 0 aliphatic carbocycles. The maximum Gasteiger partial charge on any atom is 0.266 e. The van der Waals surface area contributed by atoms with E-state index in [4.69, 9.17) is 4.74 Å². The van der Waals surface area contributed by atoms with Crippen LogP contribution in [0.3, 0.4) is 0 Å². The smallest absolute Gasteiger partial charge is 0.266 e. The van der Waals surface area contributed by atoms with Crippen LogP contribution >= 0.6 is 43.2 Å². The Balaban J connectivity index is 1.69. The van der Waals surface area contributed by atoms with Crippen LogP contribution in [0, 0.1) is 0 Å². The summed E-state index contributed by atoms with van der Waals surface area (Å²) in [7, 11) is 0. The number of para-hydroxylation sites is 1. The molecule has 0 spiro atoms. The lowest BCUT2D eigenvalue weighted by Crippen LogP contribution is -2.30. The second-order valence-electron chi connectivity index (χ2n) is 4.81. The van der Waals surface area contributed by atoms with Crippen molar-refractivity contribution in [3.63, 3.8) is 0 Å². The summed E-state index contributed by atoms with van der Waals surface area (Å²) in [6.45, 7) is 1.71. The van der Waals surface area contributed by atoms with E-state index in [9.17, 15) is 4.79 Å². The molecule has 3 aromatic rings. The standard InChI is InChI=1S/C16H12Br2N2O2S/c1-9(22-13-7-6-10(17)8-11(13)18)15(21)20-16-19-12-4-2-3-5-14(12)23-16/h2-9H,1H3,(H,19,20,21)/t9-/m0/s1. The fourth-order valence-corrected chi connectivity index (χ4v) is 3.96. The van der Waals surface area contributed by atoms with E-state index >= 15 is 0 Å². The van der Waals surface area contributed by atoms with Crippen molar-refractivity contribution in [2.45, 2.75) is 13.0 Å². The molecule has 0 aliphatic rings. The first-order valence-corrected chi connectivity index (χ1v) is 9.21. The molecule has 1 heterocycles. The van der Waals surface area contributed by atoms with Crippen LogP contribution in [0.15, 0.2) is 51.4 Å². The van der Waals surface area contributed by atoms with Gasteiger partial charge in [-0.25, -0.2) is 4.98 Å². The number of hydrogen-bond donors (Lipinski definition) is 1. The Bertz CT molecular complexity index is 833. The van der Waals surface area contributed by atoms with E-state index in [1.54, 1.807) is 13.0 Å². The van der Waals surface area contributed by atoms with E-state index in [2.05, 4.69) is 42.2 Å². The molecular weight excluding hydrogens is 444 g/mol. The Hall–Kier alpha value is -1.44. The van der Waals surface area contributed by atoms with Gasteiger partial charge in [0.05, 0.1) is 14.7 Å². The Morgan fingerprint density at radius 3 is 2.78 bits per heavy atom. The second kappa shape index (κ2) is 6.98. The van der Waals surface area contributed by atoms with Gasteiger partial charge in [-0.1, -0.05) is 39.4 Å². The summed E-state index contributed by atoms with van der Waals surface area (Å²) in [5, 5.41) is 3.37. The van der Waals surface area contributed by atoms with Gasteiger partial charge in [-0.2, -0.15) is 0 Å². The summed E-state index contributed by atoms with van der Waals surface area (Å²) < 4.78 is 8.46. The number of hydrogen-bond acceptors (Lipinski definition) is 4. The molecule has 0 unspecified atom stereocenters. The van der Waals surface area contributed by atoms with Gasteiger partial charge >= 0.3 is 0 Å². The van der Waals surface area contributed by atoms with Crippen molar-refractivity contribution < 1.29 is 9.53 Å². The van der Waals surface area contributed by atoms with Crippen molar-refractivity contribution >= 4 is 64.5 Å². The third-order valence-corrected chi connectivity index (χ3v) is 5.16. The lowest BCUT2D eigenvalue weighted by atomic mass is 10.3. The highest BCUT2D eigenvalue weighted by molar-refractivity contribution is 9.11. The number of rotatable bonds is 4. The van der Waals surface area contributed by atoms with Gasteiger partial charge in [-0.3, -0.25) is 10.1 Å². The van der Waals surface area contributed by atoms with Crippen molar-refractivity contribution in [1.82, 2.24) is 4.98 Å². The van der Waals surface area contributed by atoms with Crippen molar-refractivity contribution in [2.75, 3.05) is 5.32 Å². The van der Waals surface area contributed by atoms with Crippen LogP contribution in [0.4, 0.5) is 5.13 Å². The second-order valence-corrected chi connectivity index (χ2v) is 7.61. The van der Waals surface area contributed by atoms with E-state index < -0.39 is 6.10 Å². The summed E-state index contributed by atoms with van der Waals surface area (Å²) in [6.07, 6.45) is -0.639. The zero-order valence-corrected chi connectivity index (χ0v) is 16.0. The number of nitrogens with zero attached hydrogens (tertiary/aromatic N) is 1. The topological polar surface area (TPSA) is 51.2 Å². The zero-order chi connectivity index (χ0) is 16.4. The number of halogens is 2. The monoisotopic (exact) mass is 454 g/mol. The Morgan fingerprint density at radius 1 is 1.26 bits per heavy atom. The third kappa shape index (κ3) is 3.91. The first-order valence-electron chi connectivity index (χ1n) is 6.81. The summed E-state index contributed by atoms with van der Waals surface area (Å²) in [6, 6.07) is 13.3. The fourth-order valence-electron chi connectivity index (χ4n) is 1.95. The maximum atomic E-state index is 12.3. The highest BCUT2D eigenvalue weighted by Crippen LogP contribution is 2.29. The molecular formula is C16H12Br2N2O2S. The van der Waals surface area contributed by atoms with Gasteiger partial charge in [-0.05, 0) is 53.2 Å². The minimum atomic E-state index is -0.639. The number of benzene rings is 2. The number of ether oxygens (including phenoxy) is 1. The number of nitrogens with one attached hydrogen (secondary N) is 1. The molecule has 4 nitrogen and oxygen atoms in total. The lowest BCUT2D eigenvalue weighted by molar-refractivity contribution is -0.122. The van der Waals surface area contributed by atoms with E-state index in [0.717, 1.165) is 19.2 Å². The number of carbonyl (C=O) groups excluding carboxylic acids is 1. The van der Waals surface area contributed by atoms with Crippen LogP contribution in [0.25, 0.3) is 10.2 Å². The zero-order valence-electron chi connectivity index (χ0n) is 12.0. The Labute approximate surface area is 154 Å². The molecule has 0 bridgehead atoms. The SMILES string of the molecule is C[C@H](Oc1ccc(Br)cc1Br)C(=O)Nc1nc2ccccc2s1. The Morgan fingerprint density at radius 2 is 2.04 bits per heavy atom. The Kier molecular flexibility index (Phi) is 4.99. The van der Waals surface area contributed by atoms with Crippen LogP contribution < -0.4 is 10.1 Å². The van der Waals surface area contributed by atoms with E-state index in [-0.39, 0.29) is 5.91 Å². The largest absolute Gasteiger partial charge is 0.480 e. The van der Waals surface area contributed by atoms with Crippen molar-refractivity contribution in [3.05, 3.63) is 51.4 Å². The van der Waals surface area contributed by atoms with Crippen molar-refractivity contribution in [2.24, 2.45) is 0 Å². The van der Waals surface area contributed by atoms with Gasteiger partial charge in [0, 0.05) is 4.47 Å². The molecule has 1 amide bonds. The summed E-state index contributed by atoms with van der Waals surface area (Å²) in [5.74, 6) is 0.374. The van der Waals surface area contributed by atoms with Crippen LogP contribution in [-0.2, 0) is 4.79 Å². The molecule has 1 aromatic heterocycles. The van der Waals surface area contributed by atoms with Crippen LogP contribution in [-0.4, -0.2) is 17.0 Å². The van der Waals surface area contributed by atoms with Crippen molar-refractivity contribution in [1.29, 1.82) is 0 Å². The fraction of sp³-hybridized carbons (Fsp3) is 0.125. The predicted octanol–water partition coefficient (Wildman–Crippen LogP) is 5.23. The van der Waals surface area contributed by atoms with Gasteiger partial charge in [0.15, 0.2) is 11.2 Å². The molecule has 0 aliphatic heterocycles. The number of thiazole rings is 1. The molecule has 2 aromatic carbocycles. The average molecular weight is 456 g/mol. The average Bonchev–Trinajstić information content (AvgIpc) is 2.92. The molecule has 1 N–H and O–H groups in total. The van der Waals surface area contributed by atoms with Gasteiger partial charge < -0.3 is 4.74 Å². The van der Waals surface area contributed by atoms with Crippen LogP contribution in [0.5, 0.6) is 5.75 Å². The highest BCUT2D eigenvalue weighted by Gasteiger charge is 2.18. The molecule has 0 saturated carbocycles. The maximum absolute atomic E-state index is 12.3. The van der Waals surface area contributed by atoms with Gasteiger partial charge in [0.2, 0.25) is 0 Å². The highest BCUT2D eigenvalue weighted by atomic mass is 79.9. The minimum Gasteiger partial charge on any atom is -0.480 e. The first kappa shape index (κ1) is 16.4. The summed E-state index contributed by atoms with van der Waals surface area (Å²) in [4.78, 5) is 16.7. The molecule has 1 atom stereocenters. The number of amides is 1. The van der Waals surface area contributed by atoms with Crippen molar-refractivity contribution in [3.8, 4) is 5.75 Å². The third-order valence-electron chi connectivity index (χ3n) is 3.09. The van der Waals surface area contributed by atoms with Crippen LogP contribution in [0.2, 0.25) is 0 Å². The number of anilines is 1. The molecule has 0 fully saturated rings. The molecule has 118 valence electrons. The predicted molar refractivity (Wildman–Crippen MR) is 100 cm³/mol. The molecule has 23 heavy (non-hydrogen) atoms. The van der Waals surface area contributed by atoms with Gasteiger partial charge in [0.25, 0.3) is 5.91 Å². The normalized spacial score (nSPS) is 12.1. The molecule has 0 saturated heterocycles. The molecule has 0 radical (unpaired) electrons. The summed E-state index contributed by atoms with van der Waals surface area (Å²) >= 11 is 8.24. The molecule has 3 rings (SSSR count). The first-order chi connectivity index (χ1) is 11.0. The number of aromatic nitrogens is 1. The molecule has 7 heteroatoms. The lowest BCUT2D eigenvalue weighted by Gasteiger charge is -2.15. The van der Waals surface area contributed by atoms with E-state index in [1.807, 2.05) is 36.4 Å². The van der Waals surface area contributed by atoms with Gasteiger partial charge in [-0.15, -0.1) is 0 Å². The number of fused-ring (bicyclic) bond motifs is 1. The van der Waals surface area contributed by atoms with E-state index in [0.29, 0.717) is 10.9 Å². The summed E-state index contributed by atoms with van der Waals surface area (Å²) in [5.41, 5.74) is 0.872. The quantitative estimate of drug-likeness (QED) is 0.586. The van der Waals surface area contributed by atoms with Gasteiger partial charge in [0.1, 0.15) is 5.75 Å². The van der Waals surface area contributed by atoms with E-state index in [1.165, 1.54) is 11.3 Å².